The van der Waals surface area contributed by atoms with Crippen molar-refractivity contribution < 1.29 is 23.7 Å². The number of methoxy groups -OCH3 is 2. The van der Waals surface area contributed by atoms with Crippen LogP contribution in [0.15, 0.2) is 60.2 Å². The van der Waals surface area contributed by atoms with E-state index in [1.165, 1.54) is 13.2 Å². The lowest BCUT2D eigenvalue weighted by atomic mass is 10.1. The smallest absolute Gasteiger partial charge is 0.262 e. The molecule has 0 fully saturated rings. The van der Waals surface area contributed by atoms with Crippen molar-refractivity contribution in [3.8, 4) is 35.1 Å². The number of carbonyl (C=O) groups is 1. The number of hydrogen-bond donors (Lipinski definition) is 1. The first-order valence-electron chi connectivity index (χ1n) is 11.6. The molecule has 194 valence electrons. The molecule has 3 aromatic rings. The van der Waals surface area contributed by atoms with Gasteiger partial charge in [-0.25, -0.2) is 0 Å². The highest BCUT2D eigenvalue weighted by Crippen LogP contribution is 2.36. The van der Waals surface area contributed by atoms with Crippen molar-refractivity contribution in [2.24, 2.45) is 0 Å². The molecule has 1 amide bonds. The van der Waals surface area contributed by atoms with E-state index in [1.54, 1.807) is 49.6 Å². The molecule has 9 heteroatoms. The van der Waals surface area contributed by atoms with Gasteiger partial charge in [0.1, 0.15) is 29.7 Å². The predicted octanol–water partition coefficient (Wildman–Crippen LogP) is 5.38. The second-order valence-electron chi connectivity index (χ2n) is 7.85. The zero-order valence-corrected chi connectivity index (χ0v) is 23.4. The van der Waals surface area contributed by atoms with Crippen molar-refractivity contribution in [1.29, 1.82) is 10.5 Å². The summed E-state index contributed by atoms with van der Waals surface area (Å²) >= 11 is 2.12. The first kappa shape index (κ1) is 28.4. The molecule has 0 spiro atoms. The summed E-state index contributed by atoms with van der Waals surface area (Å²) in [5.74, 6) is 1.67. The Hall–Kier alpha value is -4.22. The number of nitrogens with zero attached hydrogens (tertiary/aromatic N) is 2. The standard InChI is InChI=1S/C29H26IN3O5/c1-4-37-27-13-19(12-25(30)28(27)38-18-22-8-6-5-7-20(22)15-31)11-23(16-32)29(34)33-17-21-9-10-24(35-2)14-26(21)36-3/h5-14H,4,17-18H2,1-3H3,(H,33,34)/b23-11+. The summed E-state index contributed by atoms with van der Waals surface area (Å²) in [6.45, 7) is 2.61. The summed E-state index contributed by atoms with van der Waals surface area (Å²) in [4.78, 5) is 12.8. The zero-order valence-electron chi connectivity index (χ0n) is 21.2. The molecule has 0 radical (unpaired) electrons. The van der Waals surface area contributed by atoms with Crippen molar-refractivity contribution >= 4 is 34.6 Å². The Bertz CT molecular complexity index is 1420. The number of halogens is 1. The molecule has 3 rings (SSSR count). The fourth-order valence-corrected chi connectivity index (χ4v) is 4.34. The second-order valence-corrected chi connectivity index (χ2v) is 9.01. The van der Waals surface area contributed by atoms with Crippen LogP contribution in [-0.2, 0) is 17.9 Å². The SMILES string of the molecule is CCOc1cc(/C=C(\C#N)C(=O)NCc2ccc(OC)cc2OC)cc(I)c1OCc1ccccc1C#N. The van der Waals surface area contributed by atoms with Gasteiger partial charge in [-0.3, -0.25) is 4.79 Å². The van der Waals surface area contributed by atoms with Crippen molar-refractivity contribution in [2.45, 2.75) is 20.1 Å². The first-order valence-corrected chi connectivity index (χ1v) is 12.7. The lowest BCUT2D eigenvalue weighted by Gasteiger charge is -2.15. The highest BCUT2D eigenvalue weighted by atomic mass is 127. The Labute approximate surface area is 235 Å². The Balaban J connectivity index is 1.80. The van der Waals surface area contributed by atoms with Gasteiger partial charge in [0.2, 0.25) is 0 Å². The average Bonchev–Trinajstić information content (AvgIpc) is 2.94. The van der Waals surface area contributed by atoms with E-state index in [9.17, 15) is 15.3 Å². The quantitative estimate of drug-likeness (QED) is 0.173. The van der Waals surface area contributed by atoms with Gasteiger partial charge in [-0.05, 0) is 71.5 Å². The molecule has 0 aromatic heterocycles. The van der Waals surface area contributed by atoms with E-state index in [4.69, 9.17) is 18.9 Å². The molecular formula is C29H26IN3O5. The van der Waals surface area contributed by atoms with Crippen molar-refractivity contribution in [3.63, 3.8) is 0 Å². The fraction of sp³-hybridized carbons (Fsp3) is 0.207. The molecular weight excluding hydrogens is 597 g/mol. The molecule has 38 heavy (non-hydrogen) atoms. The molecule has 8 nitrogen and oxygen atoms in total. The van der Waals surface area contributed by atoms with Crippen LogP contribution in [0.4, 0.5) is 0 Å². The largest absolute Gasteiger partial charge is 0.497 e. The van der Waals surface area contributed by atoms with Crippen LogP contribution in [0.25, 0.3) is 6.08 Å². The first-order chi connectivity index (χ1) is 18.4. The molecule has 1 N–H and O–H groups in total. The minimum absolute atomic E-state index is 0.0626. The van der Waals surface area contributed by atoms with E-state index in [0.717, 1.165) is 14.7 Å². The molecule has 0 bridgehead atoms. The predicted molar refractivity (Wildman–Crippen MR) is 151 cm³/mol. The normalized spacial score (nSPS) is 10.6. The number of rotatable bonds is 11. The van der Waals surface area contributed by atoms with Gasteiger partial charge in [0.05, 0.1) is 36.0 Å². The van der Waals surface area contributed by atoms with Crippen LogP contribution < -0.4 is 24.3 Å². The van der Waals surface area contributed by atoms with Crippen molar-refractivity contribution in [2.75, 3.05) is 20.8 Å². The lowest BCUT2D eigenvalue weighted by molar-refractivity contribution is -0.117. The number of hydrogen-bond acceptors (Lipinski definition) is 7. The van der Waals surface area contributed by atoms with Gasteiger partial charge < -0.3 is 24.3 Å². The van der Waals surface area contributed by atoms with Crippen LogP contribution >= 0.6 is 22.6 Å². The highest BCUT2D eigenvalue weighted by Gasteiger charge is 2.16. The van der Waals surface area contributed by atoms with E-state index < -0.39 is 5.91 Å². The minimum Gasteiger partial charge on any atom is -0.497 e. The Kier molecular flexibility index (Phi) is 10.4. The van der Waals surface area contributed by atoms with E-state index in [2.05, 4.69) is 34.0 Å². The number of carbonyl (C=O) groups excluding carboxylic acids is 1. The maximum Gasteiger partial charge on any atom is 0.262 e. The molecule has 0 aliphatic rings. The van der Waals surface area contributed by atoms with E-state index in [-0.39, 0.29) is 18.7 Å². The fourth-order valence-electron chi connectivity index (χ4n) is 3.56. The van der Waals surface area contributed by atoms with Crippen LogP contribution in [0.5, 0.6) is 23.0 Å². The maximum atomic E-state index is 12.8. The van der Waals surface area contributed by atoms with E-state index in [0.29, 0.717) is 40.7 Å². The number of nitriles is 2. The summed E-state index contributed by atoms with van der Waals surface area (Å²) in [5, 5.41) is 21.8. The van der Waals surface area contributed by atoms with Gasteiger partial charge in [-0.2, -0.15) is 10.5 Å². The van der Waals surface area contributed by atoms with Crippen LogP contribution in [0.3, 0.4) is 0 Å². The highest BCUT2D eigenvalue weighted by molar-refractivity contribution is 14.1. The van der Waals surface area contributed by atoms with Gasteiger partial charge >= 0.3 is 0 Å². The second kappa shape index (κ2) is 13.9. The van der Waals surface area contributed by atoms with Crippen LogP contribution in [0, 0.1) is 26.2 Å². The summed E-state index contributed by atoms with van der Waals surface area (Å²) in [7, 11) is 3.10. The van der Waals surface area contributed by atoms with Crippen LogP contribution in [0.1, 0.15) is 29.2 Å². The van der Waals surface area contributed by atoms with Gasteiger partial charge in [0, 0.05) is 23.7 Å². The third kappa shape index (κ3) is 7.17. The van der Waals surface area contributed by atoms with Crippen LogP contribution in [0.2, 0.25) is 0 Å². The van der Waals surface area contributed by atoms with E-state index in [1.807, 2.05) is 25.1 Å². The third-order valence-electron chi connectivity index (χ3n) is 5.45. The maximum absolute atomic E-state index is 12.8. The monoisotopic (exact) mass is 623 g/mol. The van der Waals surface area contributed by atoms with Crippen LogP contribution in [-0.4, -0.2) is 26.7 Å². The number of amides is 1. The minimum atomic E-state index is -0.522. The molecule has 3 aromatic carbocycles. The third-order valence-corrected chi connectivity index (χ3v) is 6.25. The topological polar surface area (TPSA) is 114 Å². The van der Waals surface area contributed by atoms with Gasteiger partial charge in [-0.1, -0.05) is 18.2 Å². The van der Waals surface area contributed by atoms with Gasteiger partial charge in [-0.15, -0.1) is 0 Å². The van der Waals surface area contributed by atoms with E-state index >= 15 is 0 Å². The molecule has 0 aliphatic heterocycles. The summed E-state index contributed by atoms with van der Waals surface area (Å²) in [6, 6.07) is 20.2. The average molecular weight is 623 g/mol. The number of nitrogens with one attached hydrogen (secondary N) is 1. The zero-order chi connectivity index (χ0) is 27.5. The number of benzene rings is 3. The Morgan fingerprint density at radius 3 is 2.47 bits per heavy atom. The molecule has 0 atom stereocenters. The molecule has 0 saturated carbocycles. The summed E-state index contributed by atoms with van der Waals surface area (Å²) in [5.41, 5.74) is 2.58. The van der Waals surface area contributed by atoms with Gasteiger partial charge in [0.15, 0.2) is 11.5 Å². The molecule has 0 unspecified atom stereocenters. The molecule has 0 saturated heterocycles. The van der Waals surface area contributed by atoms with Crippen molar-refractivity contribution in [3.05, 3.63) is 86.0 Å². The Morgan fingerprint density at radius 1 is 1.00 bits per heavy atom. The molecule has 0 heterocycles. The summed E-state index contributed by atoms with van der Waals surface area (Å²) < 4.78 is 23.1. The Morgan fingerprint density at radius 2 is 1.79 bits per heavy atom. The number of ether oxygens (including phenoxy) is 4. The van der Waals surface area contributed by atoms with Crippen molar-refractivity contribution in [1.82, 2.24) is 5.32 Å². The molecule has 0 aliphatic carbocycles. The lowest BCUT2D eigenvalue weighted by Crippen LogP contribution is -2.24. The summed E-state index contributed by atoms with van der Waals surface area (Å²) in [6.07, 6.45) is 1.50. The van der Waals surface area contributed by atoms with Gasteiger partial charge in [0.25, 0.3) is 5.91 Å².